The van der Waals surface area contributed by atoms with Gasteiger partial charge < -0.3 is 74.5 Å². The van der Waals surface area contributed by atoms with Crippen LogP contribution < -0.4 is 25.4 Å². The number of fused-ring (bicyclic) bond motifs is 14. The van der Waals surface area contributed by atoms with Gasteiger partial charge in [0.05, 0.1) is 67.0 Å². The van der Waals surface area contributed by atoms with E-state index >= 15 is 0 Å². The number of aliphatic imine (C=N–C) groups is 2. The van der Waals surface area contributed by atoms with E-state index in [1.165, 1.54) is 19.1 Å². The van der Waals surface area contributed by atoms with E-state index in [1.54, 1.807) is 25.3 Å². The van der Waals surface area contributed by atoms with Crippen LogP contribution in [0.15, 0.2) is 138 Å². The summed E-state index contributed by atoms with van der Waals surface area (Å²) in [4.78, 5) is 110. The fourth-order valence-corrected chi connectivity index (χ4v) is 19.6. The summed E-state index contributed by atoms with van der Waals surface area (Å²) in [5, 5.41) is 31.0. The molecular formula is C89H94N12O13. The molecule has 588 valence electrons. The topological polar surface area (TPSA) is 317 Å². The van der Waals surface area contributed by atoms with Crippen LogP contribution in [0.25, 0.3) is 66.3 Å². The van der Waals surface area contributed by atoms with Gasteiger partial charge in [0, 0.05) is 86.7 Å². The zero-order valence-electron chi connectivity index (χ0n) is 64.9. The number of rotatable bonds is 19. The molecule has 19 rings (SSSR count). The monoisotopic (exact) mass is 1540 g/mol. The van der Waals surface area contributed by atoms with Gasteiger partial charge in [-0.15, -0.1) is 0 Å². The smallest absolute Gasteiger partial charge is 0.407 e. The number of amides is 6. The van der Waals surface area contributed by atoms with Crippen molar-refractivity contribution in [2.45, 2.75) is 159 Å². The first-order valence-corrected chi connectivity index (χ1v) is 40.0. The molecule has 7 aliphatic heterocycles. The second-order valence-electron chi connectivity index (χ2n) is 33.3. The summed E-state index contributed by atoms with van der Waals surface area (Å²) in [6, 6.07) is 36.3. The van der Waals surface area contributed by atoms with Crippen molar-refractivity contribution in [3.05, 3.63) is 167 Å². The standard InChI is InChI=1S/C49H51N7O8.C40H43N5O5/c1-25(2)43(53-48(59)60)47(58)56-39-17-30(39)18-40(56)37-19-34-33-20-42-35(16-28(33)11-13-36(34)51-37)32-12-10-29(15-31(32)24-64-42)38-21-50-45(52-38)41-14-26(23-62-3)22-55(41)46(57)44(54-49(61)63-4)27-8-6-5-7-9-27;1-20(2)37(44-40(47)48)39(46)45-34-13-25(34)14-35(45)32-15-29-28-16-36-30(12-22(28)7-9-31(29)42-32)27-8-6-23(11-26(27)19-50-36)33-17-41-38(43-33)24-5-4-21(10-24)18-49-3/h5-13,15-16,20-21,25-26,30,39-41,43-44,53H,14,17-19,22-24H2,1-4H3,(H,50,52)(H,54,61)(H,59,60);6-9,11-12,16-17,20-21,24-25,34-35,37,44H,4-5,10,13-15,18-19H2,1-3H3,(H,41,43)(H,47,48)/t26-,30+,39+,40-,41-,43-,44+;21-,24+,25-,34-,35+,37+/m01/s1. The number of hydrogen-bond acceptors (Lipinski definition) is 15. The third-order valence-corrected chi connectivity index (χ3v) is 25.5. The largest absolute Gasteiger partial charge is 0.488 e. The number of carboxylic acid groups (broad SMARTS) is 2. The maximum absolute atomic E-state index is 14.3. The van der Waals surface area contributed by atoms with Crippen molar-refractivity contribution in [2.24, 2.45) is 45.5 Å². The molecular weight excluding hydrogens is 1450 g/mol. The quantitative estimate of drug-likeness (QED) is 0.0396. The SMILES string of the molecule is COC[C@@H]1CC[C@H](c2ncc(-c3ccc4c(c3)COc3cc5c6c(ccc5cc3-4)N=C([C@@H]3C[C@H]4C[C@H]4N3C(=O)[C@@H](NC(=O)O)C(C)C)C6)[nH]2)C1.COC[C@H]1C[C@@H](c2ncc(-c3ccc4c(c3)COc3cc5c6c(ccc5cc3-4)N=C([C@@H]3C[C@H]4C[C@H]4N3C(=O)[C@@H](NC(=O)O)C(C)C)C6)[nH]2)N(C(=O)[C@H](NC(=O)OC)c2ccccc2)C1. The summed E-state index contributed by atoms with van der Waals surface area (Å²) in [6.45, 7) is 10.1. The summed E-state index contributed by atoms with van der Waals surface area (Å²) < 4.78 is 28.7. The Kier molecular flexibility index (Phi) is 19.4. The number of nitrogens with zero attached hydrogens (tertiary/aromatic N) is 7. The van der Waals surface area contributed by atoms with Crippen LogP contribution in [0.5, 0.6) is 11.5 Å². The van der Waals surface area contributed by atoms with Gasteiger partial charge in [-0.25, -0.2) is 24.4 Å². The van der Waals surface area contributed by atoms with Gasteiger partial charge >= 0.3 is 18.3 Å². The average Bonchev–Trinajstić information content (AvgIpc) is 1.70. The second kappa shape index (κ2) is 29.8. The van der Waals surface area contributed by atoms with Crippen LogP contribution in [0, 0.1) is 35.5 Å². The van der Waals surface area contributed by atoms with Crippen LogP contribution in [0.2, 0.25) is 0 Å². The zero-order valence-corrected chi connectivity index (χ0v) is 64.9. The molecule has 0 radical (unpaired) electrons. The van der Waals surface area contributed by atoms with E-state index in [4.69, 9.17) is 43.6 Å². The van der Waals surface area contributed by atoms with E-state index in [0.29, 0.717) is 80.7 Å². The Morgan fingerprint density at radius 3 is 1.57 bits per heavy atom. The van der Waals surface area contributed by atoms with Crippen LogP contribution in [0.3, 0.4) is 0 Å². The molecule has 3 aliphatic carbocycles. The number of piperidine rings is 2. The number of hydrogen-bond donors (Lipinski definition) is 7. The van der Waals surface area contributed by atoms with Crippen molar-refractivity contribution in [1.82, 2.24) is 50.6 Å². The lowest BCUT2D eigenvalue weighted by Crippen LogP contribution is -2.54. The first-order chi connectivity index (χ1) is 55.2. The number of carbonyl (C=O) groups excluding carboxylic acids is 4. The maximum Gasteiger partial charge on any atom is 0.407 e. The Morgan fingerprint density at radius 2 is 1.06 bits per heavy atom. The van der Waals surface area contributed by atoms with E-state index in [2.05, 4.69) is 111 Å². The molecule has 9 aromatic rings. The summed E-state index contributed by atoms with van der Waals surface area (Å²) >= 11 is 0. The molecule has 13 atom stereocenters. The van der Waals surface area contributed by atoms with Gasteiger partial charge in [-0.2, -0.15) is 0 Å². The van der Waals surface area contributed by atoms with Gasteiger partial charge in [0.15, 0.2) is 0 Å². The number of benzene rings is 7. The highest BCUT2D eigenvalue weighted by molar-refractivity contribution is 6.09. The molecule has 114 heavy (non-hydrogen) atoms. The second-order valence-corrected chi connectivity index (χ2v) is 33.3. The van der Waals surface area contributed by atoms with Crippen LogP contribution in [0.4, 0.5) is 25.8 Å². The van der Waals surface area contributed by atoms with Gasteiger partial charge in [-0.05, 0) is 201 Å². The number of aromatic amines is 2. The van der Waals surface area contributed by atoms with E-state index < -0.39 is 36.4 Å². The maximum atomic E-state index is 14.3. The normalized spacial score (nSPS) is 23.6. The third kappa shape index (κ3) is 13.7. The number of likely N-dealkylation sites (tertiary alicyclic amines) is 3. The molecule has 0 bridgehead atoms. The zero-order chi connectivity index (χ0) is 78.6. The average molecular weight is 1540 g/mol. The minimum atomic E-state index is -1.20. The Bertz CT molecular complexity index is 5440. The van der Waals surface area contributed by atoms with Gasteiger partial charge in [-0.1, -0.05) is 94.4 Å². The molecule has 7 aromatic carbocycles. The first kappa shape index (κ1) is 74.0. The predicted octanol–water partition coefficient (Wildman–Crippen LogP) is 14.6. The Hall–Kier alpha value is -11.4. The fraction of sp³-hybridized carbons (Fsp3) is 0.416. The number of methoxy groups -OCH3 is 3. The minimum Gasteiger partial charge on any atom is -0.488 e. The molecule has 6 fully saturated rings. The Balaban J connectivity index is 0.000000163. The van der Waals surface area contributed by atoms with Crippen molar-refractivity contribution in [3.63, 3.8) is 0 Å². The van der Waals surface area contributed by atoms with Crippen molar-refractivity contribution >= 4 is 80.3 Å². The molecule has 10 aliphatic rings. The first-order valence-electron chi connectivity index (χ1n) is 40.0. The van der Waals surface area contributed by atoms with Crippen LogP contribution >= 0.6 is 0 Å². The predicted molar refractivity (Wildman–Crippen MR) is 429 cm³/mol. The molecule has 0 unspecified atom stereocenters. The van der Waals surface area contributed by atoms with Crippen molar-refractivity contribution < 1.29 is 62.7 Å². The molecule has 0 spiro atoms. The van der Waals surface area contributed by atoms with Crippen molar-refractivity contribution in [1.29, 1.82) is 0 Å². The lowest BCUT2D eigenvalue weighted by atomic mass is 9.90. The van der Waals surface area contributed by atoms with Gasteiger partial charge in [0.1, 0.15) is 54.5 Å². The molecule has 25 nitrogen and oxygen atoms in total. The lowest BCUT2D eigenvalue weighted by Gasteiger charge is -2.32. The summed E-state index contributed by atoms with van der Waals surface area (Å²) in [5.41, 5.74) is 17.1. The number of nitrogens with one attached hydrogen (secondary N) is 5. The Labute approximate surface area is 659 Å². The number of ether oxygens (including phenoxy) is 5. The molecule has 3 saturated heterocycles. The summed E-state index contributed by atoms with van der Waals surface area (Å²) in [6.07, 6.45) is 9.70. The van der Waals surface area contributed by atoms with E-state index in [-0.39, 0.29) is 65.7 Å². The molecule has 9 heterocycles. The molecule has 25 heteroatoms. The number of H-pyrrole nitrogens is 2. The van der Waals surface area contributed by atoms with E-state index in [0.717, 1.165) is 168 Å². The molecule has 3 saturated carbocycles. The minimum absolute atomic E-state index is 0.0702. The van der Waals surface area contributed by atoms with Gasteiger partial charge in [-0.3, -0.25) is 24.4 Å². The van der Waals surface area contributed by atoms with Gasteiger partial charge in [0.2, 0.25) is 11.8 Å². The fourth-order valence-electron chi connectivity index (χ4n) is 19.6. The molecule has 2 aromatic heterocycles. The summed E-state index contributed by atoms with van der Waals surface area (Å²) in [5.74, 6) is 4.50. The van der Waals surface area contributed by atoms with Crippen LogP contribution in [0.1, 0.15) is 137 Å². The highest BCUT2D eigenvalue weighted by Crippen LogP contribution is 2.54. The highest BCUT2D eigenvalue weighted by Gasteiger charge is 2.58. The number of imidazole rings is 2. The highest BCUT2D eigenvalue weighted by atomic mass is 16.5. The van der Waals surface area contributed by atoms with E-state index in [9.17, 15) is 39.0 Å². The molecule has 7 N–H and O–H groups in total. The number of carbonyl (C=O) groups is 6. The van der Waals surface area contributed by atoms with Crippen LogP contribution in [-0.2, 0) is 54.6 Å². The van der Waals surface area contributed by atoms with Gasteiger partial charge in [0.25, 0.3) is 5.91 Å². The van der Waals surface area contributed by atoms with Crippen molar-refractivity contribution in [2.75, 3.05) is 41.1 Å². The Morgan fingerprint density at radius 1 is 0.544 bits per heavy atom. The summed E-state index contributed by atoms with van der Waals surface area (Å²) in [7, 11) is 4.71. The third-order valence-electron chi connectivity index (χ3n) is 25.5. The molecule has 6 amide bonds. The lowest BCUT2D eigenvalue weighted by molar-refractivity contribution is -0.136. The number of aromatic nitrogens is 4. The van der Waals surface area contributed by atoms with E-state index in [1.807, 2.05) is 74.0 Å². The van der Waals surface area contributed by atoms with Crippen LogP contribution in [-0.4, -0.2) is 170 Å². The van der Waals surface area contributed by atoms with Crippen molar-refractivity contribution in [3.8, 4) is 56.3 Å². The number of alkyl carbamates (subject to hydrolysis) is 1.